The van der Waals surface area contributed by atoms with Gasteiger partial charge in [0.1, 0.15) is 0 Å². The molecule has 0 fully saturated rings. The van der Waals surface area contributed by atoms with Crippen LogP contribution in [0.1, 0.15) is 5.56 Å². The standard InChI is InChI=1S/C7H7ClO.C2H4/c8-7-3-1-2-6(4-7)5-9;1-2/h1-4,9H,5H2;1-2H2. The van der Waals surface area contributed by atoms with Crippen LogP contribution in [0, 0.1) is 0 Å². The largest absolute Gasteiger partial charge is 0.392 e. The maximum Gasteiger partial charge on any atom is 0.0682 e. The van der Waals surface area contributed by atoms with Gasteiger partial charge in [0.05, 0.1) is 6.61 Å². The summed E-state index contributed by atoms with van der Waals surface area (Å²) in [4.78, 5) is 0. The first-order valence-electron chi connectivity index (χ1n) is 3.18. The molecule has 0 unspecified atom stereocenters. The summed E-state index contributed by atoms with van der Waals surface area (Å²) in [7, 11) is 0. The molecular weight excluding hydrogens is 160 g/mol. The highest BCUT2D eigenvalue weighted by molar-refractivity contribution is 6.30. The highest BCUT2D eigenvalue weighted by atomic mass is 35.5. The summed E-state index contributed by atoms with van der Waals surface area (Å²) in [5.41, 5.74) is 0.850. The lowest BCUT2D eigenvalue weighted by molar-refractivity contribution is 0.282. The van der Waals surface area contributed by atoms with E-state index in [0.29, 0.717) is 5.02 Å². The lowest BCUT2D eigenvalue weighted by Crippen LogP contribution is -1.79. The highest BCUT2D eigenvalue weighted by Crippen LogP contribution is 2.09. The van der Waals surface area contributed by atoms with Gasteiger partial charge in [0.25, 0.3) is 0 Å². The van der Waals surface area contributed by atoms with E-state index in [0.717, 1.165) is 5.56 Å². The Balaban J connectivity index is 0.000000461. The quantitative estimate of drug-likeness (QED) is 0.643. The van der Waals surface area contributed by atoms with Gasteiger partial charge < -0.3 is 5.11 Å². The molecule has 1 aromatic rings. The molecule has 0 spiro atoms. The van der Waals surface area contributed by atoms with Gasteiger partial charge in [-0.05, 0) is 17.7 Å². The molecule has 1 nitrogen and oxygen atoms in total. The Hall–Kier alpha value is -0.790. The highest BCUT2D eigenvalue weighted by Gasteiger charge is 1.88. The van der Waals surface area contributed by atoms with Crippen LogP contribution in [0.2, 0.25) is 5.02 Å². The van der Waals surface area contributed by atoms with Gasteiger partial charge in [0, 0.05) is 5.02 Å². The van der Waals surface area contributed by atoms with E-state index >= 15 is 0 Å². The summed E-state index contributed by atoms with van der Waals surface area (Å²) in [6.07, 6.45) is 0. The fourth-order valence-electron chi connectivity index (χ4n) is 0.635. The molecule has 0 aromatic heterocycles. The van der Waals surface area contributed by atoms with Gasteiger partial charge in [0.15, 0.2) is 0 Å². The topological polar surface area (TPSA) is 20.2 Å². The van der Waals surface area contributed by atoms with Gasteiger partial charge in [0.2, 0.25) is 0 Å². The minimum Gasteiger partial charge on any atom is -0.392 e. The molecule has 0 bridgehead atoms. The molecule has 0 aliphatic rings. The van der Waals surface area contributed by atoms with Crippen LogP contribution < -0.4 is 0 Å². The minimum absolute atomic E-state index is 0.0561. The average molecular weight is 171 g/mol. The Labute approximate surface area is 71.9 Å². The minimum atomic E-state index is 0.0561. The molecular formula is C9H11ClO. The number of aliphatic hydroxyl groups is 1. The van der Waals surface area contributed by atoms with Crippen LogP contribution in [0.25, 0.3) is 0 Å². The maximum absolute atomic E-state index is 8.60. The Morgan fingerprint density at radius 1 is 1.36 bits per heavy atom. The smallest absolute Gasteiger partial charge is 0.0682 e. The van der Waals surface area contributed by atoms with E-state index in [4.69, 9.17) is 16.7 Å². The van der Waals surface area contributed by atoms with Crippen LogP contribution in [0.5, 0.6) is 0 Å². The molecule has 60 valence electrons. The number of halogens is 1. The van der Waals surface area contributed by atoms with Crippen molar-refractivity contribution in [3.63, 3.8) is 0 Å². The zero-order chi connectivity index (χ0) is 8.69. The molecule has 0 heterocycles. The van der Waals surface area contributed by atoms with E-state index in [1.54, 1.807) is 12.1 Å². The summed E-state index contributed by atoms with van der Waals surface area (Å²) < 4.78 is 0. The van der Waals surface area contributed by atoms with E-state index in [-0.39, 0.29) is 6.61 Å². The molecule has 0 aliphatic carbocycles. The third-order valence-electron chi connectivity index (χ3n) is 1.07. The Bertz CT molecular complexity index is 210. The molecule has 0 saturated heterocycles. The van der Waals surface area contributed by atoms with E-state index in [9.17, 15) is 0 Å². The third kappa shape index (κ3) is 3.81. The Morgan fingerprint density at radius 2 is 2.00 bits per heavy atom. The van der Waals surface area contributed by atoms with Crippen molar-refractivity contribution >= 4 is 11.6 Å². The zero-order valence-electron chi connectivity index (χ0n) is 6.26. The van der Waals surface area contributed by atoms with Crippen LogP contribution >= 0.6 is 11.6 Å². The van der Waals surface area contributed by atoms with Crippen molar-refractivity contribution in [2.45, 2.75) is 6.61 Å². The zero-order valence-corrected chi connectivity index (χ0v) is 7.01. The predicted octanol–water partition coefficient (Wildman–Crippen LogP) is 2.63. The van der Waals surface area contributed by atoms with Crippen molar-refractivity contribution in [2.24, 2.45) is 0 Å². The van der Waals surface area contributed by atoms with E-state index < -0.39 is 0 Å². The van der Waals surface area contributed by atoms with Crippen molar-refractivity contribution < 1.29 is 5.11 Å². The number of hydrogen-bond donors (Lipinski definition) is 1. The van der Waals surface area contributed by atoms with E-state index in [2.05, 4.69) is 13.2 Å². The van der Waals surface area contributed by atoms with Crippen molar-refractivity contribution in [1.82, 2.24) is 0 Å². The Morgan fingerprint density at radius 3 is 2.36 bits per heavy atom. The fourth-order valence-corrected chi connectivity index (χ4v) is 0.848. The summed E-state index contributed by atoms with van der Waals surface area (Å²) >= 11 is 5.61. The summed E-state index contributed by atoms with van der Waals surface area (Å²) in [5, 5.41) is 9.27. The van der Waals surface area contributed by atoms with Crippen LogP contribution in [0.4, 0.5) is 0 Å². The number of hydrogen-bond acceptors (Lipinski definition) is 1. The maximum atomic E-state index is 8.60. The van der Waals surface area contributed by atoms with Gasteiger partial charge in [-0.25, -0.2) is 0 Å². The summed E-state index contributed by atoms with van der Waals surface area (Å²) in [6.45, 7) is 6.06. The van der Waals surface area contributed by atoms with Gasteiger partial charge in [-0.2, -0.15) is 0 Å². The van der Waals surface area contributed by atoms with Crippen molar-refractivity contribution in [3.8, 4) is 0 Å². The summed E-state index contributed by atoms with van der Waals surface area (Å²) in [5.74, 6) is 0. The molecule has 2 heteroatoms. The Kier molecular flexibility index (Phi) is 5.53. The predicted molar refractivity (Wildman–Crippen MR) is 48.6 cm³/mol. The SMILES string of the molecule is C=C.OCc1cccc(Cl)c1. The van der Waals surface area contributed by atoms with Gasteiger partial charge in [-0.3, -0.25) is 0 Å². The van der Waals surface area contributed by atoms with Crippen LogP contribution in [-0.4, -0.2) is 5.11 Å². The van der Waals surface area contributed by atoms with Crippen molar-refractivity contribution in [2.75, 3.05) is 0 Å². The monoisotopic (exact) mass is 170 g/mol. The lowest BCUT2D eigenvalue weighted by Gasteiger charge is -1.93. The molecule has 0 radical (unpaired) electrons. The van der Waals surface area contributed by atoms with Crippen molar-refractivity contribution in [3.05, 3.63) is 48.0 Å². The second-order valence-electron chi connectivity index (χ2n) is 1.79. The molecule has 0 amide bonds. The third-order valence-corrected chi connectivity index (χ3v) is 1.31. The number of aliphatic hydroxyl groups excluding tert-OH is 1. The average Bonchev–Trinajstić information content (AvgIpc) is 2.08. The summed E-state index contributed by atoms with van der Waals surface area (Å²) in [6, 6.07) is 7.15. The normalized spacial score (nSPS) is 8.18. The molecule has 0 aliphatic heterocycles. The number of rotatable bonds is 1. The first-order chi connectivity index (χ1) is 5.33. The first kappa shape index (κ1) is 10.2. The first-order valence-corrected chi connectivity index (χ1v) is 3.56. The van der Waals surface area contributed by atoms with Gasteiger partial charge in [-0.15, -0.1) is 13.2 Å². The second-order valence-corrected chi connectivity index (χ2v) is 2.22. The molecule has 0 atom stereocenters. The molecule has 0 saturated carbocycles. The van der Waals surface area contributed by atoms with E-state index in [1.807, 2.05) is 12.1 Å². The van der Waals surface area contributed by atoms with Crippen LogP contribution in [-0.2, 0) is 6.61 Å². The molecule has 11 heavy (non-hydrogen) atoms. The lowest BCUT2D eigenvalue weighted by atomic mass is 10.2. The molecule has 1 aromatic carbocycles. The second kappa shape index (κ2) is 5.96. The fraction of sp³-hybridized carbons (Fsp3) is 0.111. The van der Waals surface area contributed by atoms with Gasteiger partial charge in [-0.1, -0.05) is 23.7 Å². The van der Waals surface area contributed by atoms with Gasteiger partial charge >= 0.3 is 0 Å². The number of benzene rings is 1. The molecule has 1 rings (SSSR count). The van der Waals surface area contributed by atoms with E-state index in [1.165, 1.54) is 0 Å². The van der Waals surface area contributed by atoms with Crippen LogP contribution in [0.15, 0.2) is 37.4 Å². The van der Waals surface area contributed by atoms with Crippen LogP contribution in [0.3, 0.4) is 0 Å². The van der Waals surface area contributed by atoms with Crippen molar-refractivity contribution in [1.29, 1.82) is 0 Å². The molecule has 1 N–H and O–H groups in total.